The van der Waals surface area contributed by atoms with Gasteiger partial charge in [0.1, 0.15) is 6.10 Å². The summed E-state index contributed by atoms with van der Waals surface area (Å²) >= 11 is 1.61. The summed E-state index contributed by atoms with van der Waals surface area (Å²) in [4.78, 5) is 22.5. The summed E-state index contributed by atoms with van der Waals surface area (Å²) in [5, 5.41) is 4.01. The second-order valence-electron chi connectivity index (χ2n) is 5.40. The van der Waals surface area contributed by atoms with Crippen LogP contribution in [-0.2, 0) is 11.2 Å². The SMILES string of the molecule is COc1nccnc1O[C@H]1CCCN(C(=O)Cc2ccsc2)C1. The number of piperidine rings is 1. The predicted molar refractivity (Wildman–Crippen MR) is 86.8 cm³/mol. The number of thiophene rings is 1. The van der Waals surface area contributed by atoms with E-state index < -0.39 is 0 Å². The van der Waals surface area contributed by atoms with Crippen molar-refractivity contribution in [3.05, 3.63) is 34.8 Å². The molecule has 0 bridgehead atoms. The van der Waals surface area contributed by atoms with E-state index in [0.29, 0.717) is 24.7 Å². The van der Waals surface area contributed by atoms with E-state index in [0.717, 1.165) is 24.9 Å². The first-order chi connectivity index (χ1) is 11.3. The Morgan fingerprint density at radius 1 is 1.39 bits per heavy atom. The molecule has 1 saturated heterocycles. The highest BCUT2D eigenvalue weighted by Gasteiger charge is 2.26. The van der Waals surface area contributed by atoms with Crippen molar-refractivity contribution in [2.24, 2.45) is 0 Å². The Labute approximate surface area is 139 Å². The van der Waals surface area contributed by atoms with Gasteiger partial charge in [0, 0.05) is 18.9 Å². The Hall–Kier alpha value is -2.15. The van der Waals surface area contributed by atoms with E-state index in [2.05, 4.69) is 9.97 Å². The molecule has 6 nitrogen and oxygen atoms in total. The fourth-order valence-corrected chi connectivity index (χ4v) is 3.30. The molecule has 7 heteroatoms. The van der Waals surface area contributed by atoms with Crippen LogP contribution in [0, 0.1) is 0 Å². The molecule has 1 fully saturated rings. The summed E-state index contributed by atoms with van der Waals surface area (Å²) in [7, 11) is 1.54. The average Bonchev–Trinajstić information content (AvgIpc) is 3.08. The topological polar surface area (TPSA) is 64.6 Å². The van der Waals surface area contributed by atoms with Crippen molar-refractivity contribution in [2.75, 3.05) is 20.2 Å². The fourth-order valence-electron chi connectivity index (χ4n) is 2.63. The molecule has 0 unspecified atom stereocenters. The smallest absolute Gasteiger partial charge is 0.278 e. The number of hydrogen-bond donors (Lipinski definition) is 0. The van der Waals surface area contributed by atoms with Gasteiger partial charge in [-0.05, 0) is 35.2 Å². The molecular formula is C16H19N3O3S. The molecule has 2 aromatic heterocycles. The third-order valence-electron chi connectivity index (χ3n) is 3.77. The maximum Gasteiger partial charge on any atom is 0.278 e. The Morgan fingerprint density at radius 3 is 2.96 bits per heavy atom. The van der Waals surface area contributed by atoms with E-state index >= 15 is 0 Å². The highest BCUT2D eigenvalue weighted by molar-refractivity contribution is 7.07. The number of carbonyl (C=O) groups is 1. The maximum atomic E-state index is 12.4. The predicted octanol–water partition coefficient (Wildman–Crippen LogP) is 2.16. The minimum atomic E-state index is -0.0826. The van der Waals surface area contributed by atoms with E-state index in [4.69, 9.17) is 9.47 Å². The van der Waals surface area contributed by atoms with Crippen LogP contribution in [0.15, 0.2) is 29.2 Å². The molecule has 1 aliphatic rings. The standard InChI is InChI=1S/C16H19N3O3S/c1-21-15-16(18-6-5-17-15)22-13-3-2-7-19(10-13)14(20)9-12-4-8-23-11-12/h4-6,8,11,13H,2-3,7,9-10H2,1H3/t13-/m0/s1. The van der Waals surface area contributed by atoms with Crippen molar-refractivity contribution in [3.8, 4) is 11.8 Å². The van der Waals surface area contributed by atoms with Crippen molar-refractivity contribution < 1.29 is 14.3 Å². The van der Waals surface area contributed by atoms with Crippen molar-refractivity contribution in [1.29, 1.82) is 0 Å². The van der Waals surface area contributed by atoms with Crippen LogP contribution in [0.3, 0.4) is 0 Å². The lowest BCUT2D eigenvalue weighted by atomic mass is 10.1. The number of rotatable bonds is 5. The number of aromatic nitrogens is 2. The van der Waals surface area contributed by atoms with Gasteiger partial charge >= 0.3 is 0 Å². The summed E-state index contributed by atoms with van der Waals surface area (Å²) in [6, 6.07) is 1.99. The van der Waals surface area contributed by atoms with Crippen LogP contribution in [-0.4, -0.2) is 47.1 Å². The van der Waals surface area contributed by atoms with Gasteiger partial charge in [-0.3, -0.25) is 4.79 Å². The van der Waals surface area contributed by atoms with E-state index in [1.165, 1.54) is 7.11 Å². The van der Waals surface area contributed by atoms with Crippen molar-refractivity contribution in [3.63, 3.8) is 0 Å². The van der Waals surface area contributed by atoms with E-state index in [1.807, 2.05) is 21.7 Å². The summed E-state index contributed by atoms with van der Waals surface area (Å²) in [5.74, 6) is 0.893. The highest BCUT2D eigenvalue weighted by Crippen LogP contribution is 2.24. The molecule has 1 atom stereocenters. The number of nitrogens with zero attached hydrogens (tertiary/aromatic N) is 3. The normalized spacial score (nSPS) is 17.8. The average molecular weight is 333 g/mol. The Bertz CT molecular complexity index is 648. The van der Waals surface area contributed by atoms with Gasteiger partial charge in [-0.25, -0.2) is 9.97 Å². The summed E-state index contributed by atoms with van der Waals surface area (Å²) in [5.41, 5.74) is 1.07. The number of carbonyl (C=O) groups excluding carboxylic acids is 1. The van der Waals surface area contributed by atoms with Crippen LogP contribution in [0.25, 0.3) is 0 Å². The Kier molecular flexibility index (Phi) is 5.07. The molecule has 0 aliphatic carbocycles. The zero-order valence-electron chi connectivity index (χ0n) is 13.0. The molecule has 0 radical (unpaired) electrons. The van der Waals surface area contributed by atoms with E-state index in [-0.39, 0.29) is 12.0 Å². The van der Waals surface area contributed by atoms with Crippen molar-refractivity contribution in [1.82, 2.24) is 14.9 Å². The lowest BCUT2D eigenvalue weighted by Crippen LogP contribution is -2.45. The number of likely N-dealkylation sites (tertiary alicyclic amines) is 1. The van der Waals surface area contributed by atoms with Gasteiger partial charge < -0.3 is 14.4 Å². The first-order valence-electron chi connectivity index (χ1n) is 7.57. The highest BCUT2D eigenvalue weighted by atomic mass is 32.1. The zero-order valence-corrected chi connectivity index (χ0v) is 13.8. The Balaban J connectivity index is 1.60. The molecule has 1 amide bonds. The number of hydrogen-bond acceptors (Lipinski definition) is 6. The van der Waals surface area contributed by atoms with Crippen molar-refractivity contribution in [2.45, 2.75) is 25.4 Å². The molecular weight excluding hydrogens is 314 g/mol. The van der Waals surface area contributed by atoms with E-state index in [9.17, 15) is 4.79 Å². The van der Waals surface area contributed by atoms with Gasteiger partial charge in [0.05, 0.1) is 20.1 Å². The molecule has 2 aromatic rings. The first kappa shape index (κ1) is 15.7. The van der Waals surface area contributed by atoms with Gasteiger partial charge in [-0.15, -0.1) is 0 Å². The van der Waals surface area contributed by atoms with Crippen LogP contribution >= 0.6 is 11.3 Å². The monoisotopic (exact) mass is 333 g/mol. The van der Waals surface area contributed by atoms with Crippen LogP contribution in [0.5, 0.6) is 11.8 Å². The van der Waals surface area contributed by atoms with Gasteiger partial charge in [0.25, 0.3) is 11.8 Å². The maximum absolute atomic E-state index is 12.4. The Morgan fingerprint density at radius 2 is 2.22 bits per heavy atom. The third kappa shape index (κ3) is 3.98. The molecule has 122 valence electrons. The molecule has 3 heterocycles. The lowest BCUT2D eigenvalue weighted by molar-refractivity contribution is -0.133. The van der Waals surface area contributed by atoms with Gasteiger partial charge in [0.15, 0.2) is 0 Å². The van der Waals surface area contributed by atoms with Gasteiger partial charge in [-0.2, -0.15) is 11.3 Å². The molecule has 1 aliphatic heterocycles. The number of ether oxygens (including phenoxy) is 2. The van der Waals surface area contributed by atoms with Crippen LogP contribution in [0.4, 0.5) is 0 Å². The summed E-state index contributed by atoms with van der Waals surface area (Å²) in [6.45, 7) is 1.35. The van der Waals surface area contributed by atoms with Gasteiger partial charge in [-0.1, -0.05) is 0 Å². The molecule has 0 aromatic carbocycles. The third-order valence-corrected chi connectivity index (χ3v) is 4.50. The van der Waals surface area contributed by atoms with Gasteiger partial charge in [0.2, 0.25) is 5.91 Å². The first-order valence-corrected chi connectivity index (χ1v) is 8.51. The molecule has 23 heavy (non-hydrogen) atoms. The molecule has 3 rings (SSSR count). The van der Waals surface area contributed by atoms with E-state index in [1.54, 1.807) is 23.7 Å². The quantitative estimate of drug-likeness (QED) is 0.839. The largest absolute Gasteiger partial charge is 0.477 e. The molecule has 0 saturated carbocycles. The summed E-state index contributed by atoms with van der Waals surface area (Å²) in [6.07, 6.45) is 5.30. The zero-order chi connectivity index (χ0) is 16.1. The second kappa shape index (κ2) is 7.41. The van der Waals surface area contributed by atoms with Crippen LogP contribution in [0.2, 0.25) is 0 Å². The minimum absolute atomic E-state index is 0.0826. The van der Waals surface area contributed by atoms with Crippen LogP contribution < -0.4 is 9.47 Å². The summed E-state index contributed by atoms with van der Waals surface area (Å²) < 4.78 is 11.1. The number of amides is 1. The molecule has 0 N–H and O–H groups in total. The van der Waals surface area contributed by atoms with Crippen molar-refractivity contribution >= 4 is 17.2 Å². The molecule has 0 spiro atoms. The second-order valence-corrected chi connectivity index (χ2v) is 6.18. The number of methoxy groups -OCH3 is 1. The fraction of sp³-hybridized carbons (Fsp3) is 0.438. The lowest BCUT2D eigenvalue weighted by Gasteiger charge is -2.32. The minimum Gasteiger partial charge on any atom is -0.477 e. The van der Waals surface area contributed by atoms with Crippen LogP contribution in [0.1, 0.15) is 18.4 Å².